The van der Waals surface area contributed by atoms with Crippen LogP contribution in [0.2, 0.25) is 0 Å². The van der Waals surface area contributed by atoms with Gasteiger partial charge >= 0.3 is 0 Å². The predicted molar refractivity (Wildman–Crippen MR) is 70.3 cm³/mol. The van der Waals surface area contributed by atoms with Crippen molar-refractivity contribution in [3.8, 4) is 0 Å². The molecule has 1 heteroatoms. The minimum Gasteiger partial charge on any atom is -0.316 e. The van der Waals surface area contributed by atoms with Crippen LogP contribution in [-0.2, 0) is 0 Å². The van der Waals surface area contributed by atoms with E-state index in [1.54, 1.807) is 0 Å². The molecule has 0 aromatic heterocycles. The molecule has 0 bridgehead atoms. The Kier molecular flexibility index (Phi) is 9.18. The van der Waals surface area contributed by atoms with Gasteiger partial charge in [-0.1, -0.05) is 47.0 Å². The topological polar surface area (TPSA) is 12.0 Å². The lowest BCUT2D eigenvalue weighted by atomic mass is 9.76. The molecule has 0 amide bonds. The van der Waals surface area contributed by atoms with Gasteiger partial charge in [0.05, 0.1) is 0 Å². The SMILES string of the molecule is CCCCC(CC)(CCC)CNCCC. The zero-order chi connectivity index (χ0) is 11.6. The summed E-state index contributed by atoms with van der Waals surface area (Å²) in [7, 11) is 0. The van der Waals surface area contributed by atoms with Gasteiger partial charge in [-0.25, -0.2) is 0 Å². The predicted octanol–water partition coefficient (Wildman–Crippen LogP) is 4.37. The Bertz CT molecular complexity index is 133. The molecule has 0 aliphatic carbocycles. The smallest absolute Gasteiger partial charge is 0.000770 e. The lowest BCUT2D eigenvalue weighted by Crippen LogP contribution is -2.34. The van der Waals surface area contributed by atoms with E-state index in [1.165, 1.54) is 58.0 Å². The summed E-state index contributed by atoms with van der Waals surface area (Å²) in [6.07, 6.45) is 9.42. The van der Waals surface area contributed by atoms with E-state index in [9.17, 15) is 0 Å². The van der Waals surface area contributed by atoms with Crippen molar-refractivity contribution in [3.63, 3.8) is 0 Å². The molecule has 0 aromatic rings. The molecular weight excluding hydrogens is 182 g/mol. The summed E-state index contributed by atoms with van der Waals surface area (Å²) >= 11 is 0. The first-order valence-corrected chi connectivity index (χ1v) is 6.95. The van der Waals surface area contributed by atoms with Gasteiger partial charge in [-0.2, -0.15) is 0 Å². The van der Waals surface area contributed by atoms with Crippen LogP contribution >= 0.6 is 0 Å². The fourth-order valence-electron chi connectivity index (χ4n) is 2.39. The van der Waals surface area contributed by atoms with Crippen LogP contribution in [0.1, 0.15) is 72.6 Å². The van der Waals surface area contributed by atoms with Crippen LogP contribution in [0.4, 0.5) is 0 Å². The van der Waals surface area contributed by atoms with Crippen LogP contribution < -0.4 is 5.32 Å². The highest BCUT2D eigenvalue weighted by atomic mass is 14.9. The molecule has 0 spiro atoms. The highest BCUT2D eigenvalue weighted by Crippen LogP contribution is 2.33. The third-order valence-electron chi connectivity index (χ3n) is 3.52. The van der Waals surface area contributed by atoms with Crippen molar-refractivity contribution in [3.05, 3.63) is 0 Å². The number of hydrogen-bond donors (Lipinski definition) is 1. The molecule has 0 rings (SSSR count). The van der Waals surface area contributed by atoms with Crippen molar-refractivity contribution in [1.29, 1.82) is 0 Å². The lowest BCUT2D eigenvalue weighted by Gasteiger charge is -2.33. The normalized spacial score (nSPS) is 15.2. The van der Waals surface area contributed by atoms with E-state index >= 15 is 0 Å². The van der Waals surface area contributed by atoms with E-state index in [0.717, 1.165) is 0 Å². The third-order valence-corrected chi connectivity index (χ3v) is 3.52. The van der Waals surface area contributed by atoms with E-state index in [-0.39, 0.29) is 0 Å². The molecule has 0 aliphatic heterocycles. The molecule has 1 atom stereocenters. The van der Waals surface area contributed by atoms with Gasteiger partial charge in [-0.15, -0.1) is 0 Å². The number of nitrogens with one attached hydrogen (secondary N) is 1. The molecule has 15 heavy (non-hydrogen) atoms. The Morgan fingerprint density at radius 3 is 2.07 bits per heavy atom. The summed E-state index contributed by atoms with van der Waals surface area (Å²) < 4.78 is 0. The summed E-state index contributed by atoms with van der Waals surface area (Å²) in [5.74, 6) is 0. The number of hydrogen-bond acceptors (Lipinski definition) is 1. The summed E-state index contributed by atoms with van der Waals surface area (Å²) in [5.41, 5.74) is 0.583. The van der Waals surface area contributed by atoms with Crippen molar-refractivity contribution in [2.24, 2.45) is 5.41 Å². The van der Waals surface area contributed by atoms with Gasteiger partial charge in [0.1, 0.15) is 0 Å². The zero-order valence-corrected chi connectivity index (χ0v) is 11.4. The largest absolute Gasteiger partial charge is 0.316 e. The van der Waals surface area contributed by atoms with Gasteiger partial charge < -0.3 is 5.32 Å². The summed E-state index contributed by atoms with van der Waals surface area (Å²) in [4.78, 5) is 0. The molecule has 1 nitrogen and oxygen atoms in total. The molecule has 0 saturated carbocycles. The Morgan fingerprint density at radius 1 is 0.867 bits per heavy atom. The van der Waals surface area contributed by atoms with Crippen LogP contribution in [0, 0.1) is 5.41 Å². The van der Waals surface area contributed by atoms with Gasteiger partial charge in [0, 0.05) is 6.54 Å². The maximum absolute atomic E-state index is 3.62. The Hall–Kier alpha value is -0.0400. The maximum atomic E-state index is 3.62. The van der Waals surface area contributed by atoms with Crippen LogP contribution in [0.5, 0.6) is 0 Å². The Labute approximate surface area is 97.0 Å². The molecule has 0 fully saturated rings. The molecule has 1 N–H and O–H groups in total. The standard InChI is InChI=1S/C14H31N/c1-5-9-11-14(8-4,10-6-2)13-15-12-7-3/h15H,5-13H2,1-4H3. The second-order valence-corrected chi connectivity index (χ2v) is 4.88. The molecule has 0 radical (unpaired) electrons. The first-order chi connectivity index (χ1) is 7.24. The van der Waals surface area contributed by atoms with E-state index in [4.69, 9.17) is 0 Å². The van der Waals surface area contributed by atoms with Crippen LogP contribution in [0.25, 0.3) is 0 Å². The van der Waals surface area contributed by atoms with Crippen molar-refractivity contribution >= 4 is 0 Å². The minimum atomic E-state index is 0.583. The average Bonchev–Trinajstić information content (AvgIpc) is 2.26. The van der Waals surface area contributed by atoms with Gasteiger partial charge in [-0.3, -0.25) is 0 Å². The zero-order valence-electron chi connectivity index (χ0n) is 11.4. The highest BCUT2D eigenvalue weighted by molar-refractivity contribution is 4.80. The second-order valence-electron chi connectivity index (χ2n) is 4.88. The van der Waals surface area contributed by atoms with Crippen LogP contribution in [-0.4, -0.2) is 13.1 Å². The van der Waals surface area contributed by atoms with Crippen molar-refractivity contribution in [2.75, 3.05) is 13.1 Å². The van der Waals surface area contributed by atoms with E-state index < -0.39 is 0 Å². The van der Waals surface area contributed by atoms with Crippen LogP contribution in [0.3, 0.4) is 0 Å². The van der Waals surface area contributed by atoms with E-state index in [1.807, 2.05) is 0 Å². The summed E-state index contributed by atoms with van der Waals surface area (Å²) in [6, 6.07) is 0. The number of unbranched alkanes of at least 4 members (excludes halogenated alkanes) is 1. The van der Waals surface area contributed by atoms with E-state index in [0.29, 0.717) is 5.41 Å². The molecule has 0 aliphatic rings. The molecule has 0 heterocycles. The second kappa shape index (κ2) is 9.21. The van der Waals surface area contributed by atoms with E-state index in [2.05, 4.69) is 33.0 Å². The minimum absolute atomic E-state index is 0.583. The average molecular weight is 213 g/mol. The molecule has 0 saturated heterocycles. The lowest BCUT2D eigenvalue weighted by molar-refractivity contribution is 0.210. The third kappa shape index (κ3) is 6.19. The van der Waals surface area contributed by atoms with Gasteiger partial charge in [-0.05, 0) is 37.6 Å². The van der Waals surface area contributed by atoms with Crippen molar-refractivity contribution < 1.29 is 0 Å². The fraction of sp³-hybridized carbons (Fsp3) is 1.00. The van der Waals surface area contributed by atoms with Gasteiger partial charge in [0.25, 0.3) is 0 Å². The Morgan fingerprint density at radius 2 is 1.60 bits per heavy atom. The van der Waals surface area contributed by atoms with Gasteiger partial charge in [0.15, 0.2) is 0 Å². The summed E-state index contributed by atoms with van der Waals surface area (Å²) in [5, 5.41) is 3.62. The van der Waals surface area contributed by atoms with Gasteiger partial charge in [0.2, 0.25) is 0 Å². The number of rotatable bonds is 10. The molecular formula is C14H31N. The highest BCUT2D eigenvalue weighted by Gasteiger charge is 2.25. The van der Waals surface area contributed by atoms with Crippen LogP contribution in [0.15, 0.2) is 0 Å². The monoisotopic (exact) mass is 213 g/mol. The summed E-state index contributed by atoms with van der Waals surface area (Å²) in [6.45, 7) is 11.6. The first-order valence-electron chi connectivity index (χ1n) is 6.95. The quantitative estimate of drug-likeness (QED) is 0.531. The first kappa shape index (κ1) is 15.0. The van der Waals surface area contributed by atoms with Crippen molar-refractivity contribution in [1.82, 2.24) is 5.32 Å². The molecule has 0 aromatic carbocycles. The fourth-order valence-corrected chi connectivity index (χ4v) is 2.39. The van der Waals surface area contributed by atoms with Crippen molar-refractivity contribution in [2.45, 2.75) is 72.6 Å². The Balaban J connectivity index is 4.09. The molecule has 1 unspecified atom stereocenters. The molecule has 92 valence electrons. The maximum Gasteiger partial charge on any atom is 0.000770 e.